The molecule has 2 heterocycles. The fourth-order valence-electron chi connectivity index (χ4n) is 2.46. The zero-order chi connectivity index (χ0) is 13.9. The van der Waals surface area contributed by atoms with E-state index in [4.69, 9.17) is 4.42 Å². The predicted molar refractivity (Wildman–Crippen MR) is 95.1 cm³/mol. The monoisotopic (exact) mass is 397 g/mol. The second kappa shape index (κ2) is 6.98. The Labute approximate surface area is 142 Å². The second-order valence-corrected chi connectivity index (χ2v) is 5.09. The molecule has 0 saturated carbocycles. The fourth-order valence-corrected chi connectivity index (χ4v) is 2.46. The molecule has 0 fully saturated rings. The van der Waals surface area contributed by atoms with Crippen LogP contribution < -0.4 is 10.6 Å². The van der Waals surface area contributed by atoms with Crippen LogP contribution in [0.25, 0.3) is 0 Å². The highest BCUT2D eigenvalue weighted by Gasteiger charge is 2.18. The van der Waals surface area contributed by atoms with Gasteiger partial charge in [0.15, 0.2) is 5.96 Å². The Morgan fingerprint density at radius 1 is 1.29 bits per heavy atom. The van der Waals surface area contributed by atoms with Gasteiger partial charge in [-0.25, -0.2) is 0 Å². The van der Waals surface area contributed by atoms with Crippen LogP contribution in [0.4, 0.5) is 0 Å². The predicted octanol–water partition coefficient (Wildman–Crippen LogP) is 3.30. The molecule has 4 nitrogen and oxygen atoms in total. The summed E-state index contributed by atoms with van der Waals surface area (Å²) < 4.78 is 5.52. The number of guanidine groups is 1. The number of hydrogen-bond acceptors (Lipinski definition) is 4. The third kappa shape index (κ3) is 3.78. The van der Waals surface area contributed by atoms with Gasteiger partial charge >= 0.3 is 0 Å². The average Bonchev–Trinajstić information content (AvgIpc) is 3.04. The Hall–Kier alpha value is -1.50. The van der Waals surface area contributed by atoms with E-state index in [0.717, 1.165) is 30.6 Å². The van der Waals surface area contributed by atoms with Gasteiger partial charge in [-0.15, -0.1) is 24.0 Å². The van der Waals surface area contributed by atoms with E-state index in [2.05, 4.69) is 46.0 Å². The van der Waals surface area contributed by atoms with Gasteiger partial charge in [0, 0.05) is 12.1 Å². The van der Waals surface area contributed by atoms with Crippen molar-refractivity contribution in [3.63, 3.8) is 0 Å². The van der Waals surface area contributed by atoms with Crippen molar-refractivity contribution in [1.29, 1.82) is 0 Å². The first-order valence-corrected chi connectivity index (χ1v) is 6.88. The van der Waals surface area contributed by atoms with Gasteiger partial charge in [-0.2, -0.15) is 0 Å². The third-order valence-corrected chi connectivity index (χ3v) is 3.53. The number of benzene rings is 1. The van der Waals surface area contributed by atoms with Crippen LogP contribution in [-0.4, -0.2) is 12.5 Å². The normalized spacial score (nSPS) is 16.9. The zero-order valence-corrected chi connectivity index (χ0v) is 14.5. The summed E-state index contributed by atoms with van der Waals surface area (Å²) in [7, 11) is 0. The highest BCUT2D eigenvalue weighted by molar-refractivity contribution is 14.0. The SMILES string of the molecule is Cc1cc(CNC2=NCC(c3ccccc3)N2)c(C)o1.I. The summed E-state index contributed by atoms with van der Waals surface area (Å²) >= 11 is 0. The number of halogens is 1. The van der Waals surface area contributed by atoms with E-state index in [1.165, 1.54) is 11.1 Å². The van der Waals surface area contributed by atoms with Gasteiger partial charge in [0.2, 0.25) is 0 Å². The van der Waals surface area contributed by atoms with Gasteiger partial charge in [-0.1, -0.05) is 30.3 Å². The molecule has 0 radical (unpaired) electrons. The molecule has 0 bridgehead atoms. The average molecular weight is 397 g/mol. The molecule has 5 heteroatoms. The number of furan rings is 1. The minimum absolute atomic E-state index is 0. The fraction of sp³-hybridized carbons (Fsp3) is 0.312. The summed E-state index contributed by atoms with van der Waals surface area (Å²) in [6, 6.07) is 12.7. The lowest BCUT2D eigenvalue weighted by Crippen LogP contribution is -2.34. The number of aryl methyl sites for hydroxylation is 2. The van der Waals surface area contributed by atoms with Crippen molar-refractivity contribution in [2.24, 2.45) is 4.99 Å². The number of rotatable bonds is 3. The topological polar surface area (TPSA) is 49.6 Å². The Kier molecular flexibility index (Phi) is 5.27. The van der Waals surface area contributed by atoms with Gasteiger partial charge in [0.25, 0.3) is 0 Å². The van der Waals surface area contributed by atoms with Crippen molar-refractivity contribution in [3.05, 3.63) is 59.0 Å². The first-order valence-electron chi connectivity index (χ1n) is 6.88. The lowest BCUT2D eigenvalue weighted by atomic mass is 10.1. The molecule has 3 rings (SSSR count). The lowest BCUT2D eigenvalue weighted by Gasteiger charge is -2.12. The van der Waals surface area contributed by atoms with Gasteiger partial charge in [-0.3, -0.25) is 4.99 Å². The summed E-state index contributed by atoms with van der Waals surface area (Å²) in [5, 5.41) is 6.74. The first-order chi connectivity index (χ1) is 9.72. The van der Waals surface area contributed by atoms with Crippen LogP contribution >= 0.6 is 24.0 Å². The highest BCUT2D eigenvalue weighted by Crippen LogP contribution is 2.17. The molecule has 2 aromatic rings. The van der Waals surface area contributed by atoms with E-state index < -0.39 is 0 Å². The maximum Gasteiger partial charge on any atom is 0.192 e. The first kappa shape index (κ1) is 15.9. The summed E-state index contributed by atoms with van der Waals surface area (Å²) in [5.41, 5.74) is 2.44. The molecule has 1 aliphatic heterocycles. The minimum atomic E-state index is 0. The van der Waals surface area contributed by atoms with Crippen LogP contribution in [0.3, 0.4) is 0 Å². The maximum absolute atomic E-state index is 5.52. The van der Waals surface area contributed by atoms with Crippen molar-refractivity contribution < 1.29 is 4.42 Å². The summed E-state index contributed by atoms with van der Waals surface area (Å²) in [5.74, 6) is 2.77. The van der Waals surface area contributed by atoms with Crippen molar-refractivity contribution >= 4 is 29.9 Å². The molecule has 21 heavy (non-hydrogen) atoms. The number of hydrogen-bond donors (Lipinski definition) is 2. The lowest BCUT2D eigenvalue weighted by molar-refractivity contribution is 0.500. The summed E-state index contributed by atoms with van der Waals surface area (Å²) in [4.78, 5) is 4.51. The van der Waals surface area contributed by atoms with Crippen LogP contribution in [-0.2, 0) is 6.54 Å². The van der Waals surface area contributed by atoms with Gasteiger partial charge in [0.05, 0.1) is 12.6 Å². The molecular formula is C16H20IN3O. The number of nitrogens with zero attached hydrogens (tertiary/aromatic N) is 1. The molecule has 2 N–H and O–H groups in total. The molecule has 0 spiro atoms. The molecule has 1 aliphatic rings. The Bertz CT molecular complexity index is 622. The summed E-state index contributed by atoms with van der Waals surface area (Å²) in [6.07, 6.45) is 0. The van der Waals surface area contributed by atoms with Gasteiger partial charge in [-0.05, 0) is 25.5 Å². The molecule has 1 unspecified atom stereocenters. The number of aliphatic imine (C=N–C) groups is 1. The summed E-state index contributed by atoms with van der Waals surface area (Å²) in [6.45, 7) is 5.46. The van der Waals surface area contributed by atoms with Crippen molar-refractivity contribution in [1.82, 2.24) is 10.6 Å². The molecule has 1 aromatic carbocycles. The van der Waals surface area contributed by atoms with E-state index in [1.54, 1.807) is 0 Å². The molecule has 1 atom stereocenters. The van der Waals surface area contributed by atoms with Crippen LogP contribution in [0, 0.1) is 13.8 Å². The van der Waals surface area contributed by atoms with E-state index in [9.17, 15) is 0 Å². The third-order valence-electron chi connectivity index (χ3n) is 3.53. The molecule has 0 saturated heterocycles. The van der Waals surface area contributed by atoms with Crippen LogP contribution in [0.5, 0.6) is 0 Å². The second-order valence-electron chi connectivity index (χ2n) is 5.09. The molecule has 1 aromatic heterocycles. The molecule has 0 amide bonds. The quantitative estimate of drug-likeness (QED) is 0.782. The minimum Gasteiger partial charge on any atom is -0.466 e. The van der Waals surface area contributed by atoms with Crippen LogP contribution in [0.15, 0.2) is 45.8 Å². The maximum atomic E-state index is 5.52. The van der Waals surface area contributed by atoms with Gasteiger partial charge in [0.1, 0.15) is 11.5 Å². The van der Waals surface area contributed by atoms with Crippen molar-refractivity contribution in [3.8, 4) is 0 Å². The van der Waals surface area contributed by atoms with Crippen molar-refractivity contribution in [2.45, 2.75) is 26.4 Å². The Balaban J connectivity index is 0.00000161. The van der Waals surface area contributed by atoms with Gasteiger partial charge < -0.3 is 15.1 Å². The zero-order valence-electron chi connectivity index (χ0n) is 12.2. The Morgan fingerprint density at radius 3 is 2.71 bits per heavy atom. The Morgan fingerprint density at radius 2 is 2.05 bits per heavy atom. The van der Waals surface area contributed by atoms with Crippen LogP contribution in [0.1, 0.15) is 28.7 Å². The standard InChI is InChI=1S/C16H19N3O.HI/c1-11-8-14(12(2)20-11)9-17-16-18-10-15(19-16)13-6-4-3-5-7-13;/h3-8,15H,9-10H2,1-2H3,(H2,17,18,19);1H. The van der Waals surface area contributed by atoms with Crippen LogP contribution in [0.2, 0.25) is 0 Å². The molecular weight excluding hydrogens is 377 g/mol. The smallest absolute Gasteiger partial charge is 0.192 e. The molecule has 112 valence electrons. The van der Waals surface area contributed by atoms with E-state index in [0.29, 0.717) is 0 Å². The van der Waals surface area contributed by atoms with E-state index in [-0.39, 0.29) is 30.0 Å². The van der Waals surface area contributed by atoms with Crippen molar-refractivity contribution in [2.75, 3.05) is 6.54 Å². The largest absolute Gasteiger partial charge is 0.466 e. The number of nitrogens with one attached hydrogen (secondary N) is 2. The van der Waals surface area contributed by atoms with E-state index >= 15 is 0 Å². The highest BCUT2D eigenvalue weighted by atomic mass is 127. The van der Waals surface area contributed by atoms with E-state index in [1.807, 2.05) is 19.9 Å². The molecule has 0 aliphatic carbocycles.